The van der Waals surface area contributed by atoms with Gasteiger partial charge in [-0.3, -0.25) is 14.9 Å². The van der Waals surface area contributed by atoms with E-state index in [0.717, 1.165) is 16.5 Å². The first-order valence-electron chi connectivity index (χ1n) is 6.60. The lowest BCUT2D eigenvalue weighted by atomic mass is 10.0. The Labute approximate surface area is 140 Å². The van der Waals surface area contributed by atoms with Gasteiger partial charge in [-0.25, -0.2) is 4.79 Å². The van der Waals surface area contributed by atoms with Crippen LogP contribution >= 0.6 is 11.3 Å². The van der Waals surface area contributed by atoms with E-state index >= 15 is 0 Å². The molecule has 0 atom stereocenters. The summed E-state index contributed by atoms with van der Waals surface area (Å²) in [5, 5.41) is 32.1. The van der Waals surface area contributed by atoms with E-state index < -0.39 is 28.1 Å². The summed E-state index contributed by atoms with van der Waals surface area (Å²) >= 11 is 1.18. The summed E-state index contributed by atoms with van der Waals surface area (Å²) in [4.78, 5) is 34.7. The maximum Gasteiger partial charge on any atom is 0.343 e. The Morgan fingerprint density at radius 2 is 2.04 bits per heavy atom. The predicted octanol–water partition coefficient (Wildman–Crippen LogP) is 3.10. The molecule has 8 nitrogen and oxygen atoms in total. The van der Waals surface area contributed by atoms with Crippen LogP contribution in [0.15, 0.2) is 18.2 Å². The number of nitriles is 1. The van der Waals surface area contributed by atoms with E-state index in [9.17, 15) is 30.1 Å². The number of amides is 1. The number of benzene rings is 1. The average molecular weight is 345 g/mol. The first kappa shape index (κ1) is 17.1. The van der Waals surface area contributed by atoms with Crippen LogP contribution in [0.2, 0.25) is 0 Å². The van der Waals surface area contributed by atoms with Gasteiger partial charge >= 0.3 is 5.97 Å². The molecule has 1 heterocycles. The van der Waals surface area contributed by atoms with E-state index in [0.29, 0.717) is 0 Å². The van der Waals surface area contributed by atoms with Crippen LogP contribution in [0.3, 0.4) is 0 Å². The first-order chi connectivity index (χ1) is 11.3. The van der Waals surface area contributed by atoms with Gasteiger partial charge in [-0.1, -0.05) is 6.07 Å². The Morgan fingerprint density at radius 3 is 2.58 bits per heavy atom. The van der Waals surface area contributed by atoms with E-state index in [1.807, 2.05) is 6.07 Å². The highest BCUT2D eigenvalue weighted by Gasteiger charge is 2.27. The number of nitro benzene ring substituents is 1. The van der Waals surface area contributed by atoms with Gasteiger partial charge in [0.05, 0.1) is 16.1 Å². The summed E-state index contributed by atoms with van der Waals surface area (Å²) in [5.74, 6) is -2.40. The van der Waals surface area contributed by atoms with Crippen LogP contribution in [0.1, 0.15) is 36.7 Å². The number of anilines is 1. The van der Waals surface area contributed by atoms with Gasteiger partial charge in [-0.2, -0.15) is 5.26 Å². The highest BCUT2D eigenvalue weighted by atomic mass is 32.1. The third-order valence-corrected chi connectivity index (χ3v) is 4.54. The summed E-state index contributed by atoms with van der Waals surface area (Å²) in [6.45, 7) is 3.52. The zero-order valence-corrected chi connectivity index (χ0v) is 13.4. The second-order valence-corrected chi connectivity index (χ2v) is 6.04. The summed E-state index contributed by atoms with van der Waals surface area (Å²) < 4.78 is 0. The third-order valence-electron chi connectivity index (χ3n) is 3.42. The number of aryl methyl sites for hydroxylation is 1. The molecule has 0 aliphatic carbocycles. The van der Waals surface area contributed by atoms with Crippen molar-refractivity contribution in [3.8, 4) is 6.07 Å². The summed E-state index contributed by atoms with van der Waals surface area (Å²) in [6.07, 6.45) is 0. The minimum Gasteiger partial charge on any atom is -0.477 e. The Morgan fingerprint density at radius 1 is 1.38 bits per heavy atom. The van der Waals surface area contributed by atoms with Gasteiger partial charge in [0.2, 0.25) is 0 Å². The zero-order chi connectivity index (χ0) is 18.0. The molecule has 0 saturated carbocycles. The minimum absolute atomic E-state index is 0.278. The molecule has 24 heavy (non-hydrogen) atoms. The Balaban J connectivity index is 2.51. The SMILES string of the molecule is Cc1sc(NC(=O)c2cccc([N+](=O)[O-])c2C(=O)O)c(C#N)c1C. The smallest absolute Gasteiger partial charge is 0.343 e. The fourth-order valence-corrected chi connectivity index (χ4v) is 3.13. The molecule has 0 bridgehead atoms. The molecule has 0 spiro atoms. The maximum absolute atomic E-state index is 12.4. The second-order valence-electron chi connectivity index (χ2n) is 4.82. The Hall–Kier alpha value is -3.25. The van der Waals surface area contributed by atoms with Crippen LogP contribution in [0.5, 0.6) is 0 Å². The number of thiophene rings is 1. The van der Waals surface area contributed by atoms with Crippen molar-refractivity contribution < 1.29 is 19.6 Å². The van der Waals surface area contributed by atoms with Crippen molar-refractivity contribution in [2.75, 3.05) is 5.32 Å². The molecule has 1 aromatic carbocycles. The van der Waals surface area contributed by atoms with Gasteiger partial charge in [0.1, 0.15) is 16.6 Å². The van der Waals surface area contributed by atoms with E-state index in [2.05, 4.69) is 5.32 Å². The number of hydrogen-bond donors (Lipinski definition) is 2. The molecule has 0 radical (unpaired) electrons. The van der Waals surface area contributed by atoms with Crippen molar-refractivity contribution in [1.82, 2.24) is 0 Å². The van der Waals surface area contributed by atoms with Crippen LogP contribution in [-0.4, -0.2) is 21.9 Å². The van der Waals surface area contributed by atoms with Crippen LogP contribution in [-0.2, 0) is 0 Å². The number of carboxylic acids is 1. The fraction of sp³-hybridized carbons (Fsp3) is 0.133. The molecular formula is C15H11N3O5S. The highest BCUT2D eigenvalue weighted by molar-refractivity contribution is 7.16. The molecule has 9 heteroatoms. The van der Waals surface area contributed by atoms with Crippen LogP contribution < -0.4 is 5.32 Å². The summed E-state index contributed by atoms with van der Waals surface area (Å²) in [7, 11) is 0. The van der Waals surface area contributed by atoms with Gasteiger partial charge in [-0.15, -0.1) is 11.3 Å². The van der Waals surface area contributed by atoms with Crippen molar-refractivity contribution in [3.63, 3.8) is 0 Å². The van der Waals surface area contributed by atoms with Crippen molar-refractivity contribution in [3.05, 3.63) is 55.4 Å². The molecule has 1 aromatic heterocycles. The molecule has 2 N–H and O–H groups in total. The zero-order valence-electron chi connectivity index (χ0n) is 12.6. The van der Waals surface area contributed by atoms with E-state index in [-0.39, 0.29) is 16.1 Å². The normalized spacial score (nSPS) is 10.0. The standard InChI is InChI=1S/C15H11N3O5S/c1-7-8(2)24-14(10(7)6-16)17-13(19)9-4-3-5-11(18(22)23)12(9)15(20)21/h3-5H,1-2H3,(H,17,19)(H,20,21). The number of nitrogens with one attached hydrogen (secondary N) is 1. The molecular weight excluding hydrogens is 334 g/mol. The van der Waals surface area contributed by atoms with E-state index in [1.54, 1.807) is 13.8 Å². The number of hydrogen-bond acceptors (Lipinski definition) is 6. The third kappa shape index (κ3) is 2.95. The predicted molar refractivity (Wildman–Crippen MR) is 86.5 cm³/mol. The maximum atomic E-state index is 12.4. The van der Waals surface area contributed by atoms with Crippen LogP contribution in [0.25, 0.3) is 0 Å². The lowest BCUT2D eigenvalue weighted by Gasteiger charge is -2.07. The molecule has 0 unspecified atom stereocenters. The van der Waals surface area contributed by atoms with Crippen molar-refractivity contribution in [2.24, 2.45) is 0 Å². The number of aromatic carboxylic acids is 1. The second kappa shape index (κ2) is 6.47. The first-order valence-corrected chi connectivity index (χ1v) is 7.41. The summed E-state index contributed by atoms with van der Waals surface area (Å²) in [6, 6.07) is 5.41. The summed E-state index contributed by atoms with van der Waals surface area (Å²) in [5.41, 5.74) is -0.703. The molecule has 0 fully saturated rings. The largest absolute Gasteiger partial charge is 0.477 e. The van der Waals surface area contributed by atoms with Gasteiger partial charge < -0.3 is 10.4 Å². The highest BCUT2D eigenvalue weighted by Crippen LogP contribution is 2.32. The molecule has 2 aromatic rings. The monoisotopic (exact) mass is 345 g/mol. The Kier molecular flexibility index (Phi) is 4.61. The molecule has 0 aliphatic heterocycles. The molecule has 0 aliphatic rings. The number of carboxylic acid groups (broad SMARTS) is 1. The molecule has 1 amide bonds. The average Bonchev–Trinajstić information content (AvgIpc) is 2.79. The number of nitrogens with zero attached hydrogens (tertiary/aromatic N) is 2. The van der Waals surface area contributed by atoms with Crippen molar-refractivity contribution in [2.45, 2.75) is 13.8 Å². The number of rotatable bonds is 4. The number of carbonyl (C=O) groups is 2. The fourth-order valence-electron chi connectivity index (χ4n) is 2.13. The lowest BCUT2D eigenvalue weighted by Crippen LogP contribution is -2.17. The van der Waals surface area contributed by atoms with Crippen LogP contribution in [0.4, 0.5) is 10.7 Å². The van der Waals surface area contributed by atoms with Crippen molar-refractivity contribution in [1.29, 1.82) is 5.26 Å². The minimum atomic E-state index is -1.58. The van der Waals surface area contributed by atoms with Gasteiger partial charge in [0.25, 0.3) is 11.6 Å². The quantitative estimate of drug-likeness (QED) is 0.646. The lowest BCUT2D eigenvalue weighted by molar-refractivity contribution is -0.385. The number of carbonyl (C=O) groups excluding carboxylic acids is 1. The molecule has 0 saturated heterocycles. The Bertz CT molecular complexity index is 911. The van der Waals surface area contributed by atoms with E-state index in [4.69, 9.17) is 0 Å². The van der Waals surface area contributed by atoms with E-state index in [1.165, 1.54) is 23.5 Å². The topological polar surface area (TPSA) is 133 Å². The van der Waals surface area contributed by atoms with Crippen molar-refractivity contribution >= 4 is 33.9 Å². The molecule has 2 rings (SSSR count). The van der Waals surface area contributed by atoms with Gasteiger partial charge in [-0.05, 0) is 25.5 Å². The molecule has 122 valence electrons. The van der Waals surface area contributed by atoms with Gasteiger partial charge in [0.15, 0.2) is 0 Å². The van der Waals surface area contributed by atoms with Gasteiger partial charge in [0, 0.05) is 10.9 Å². The number of nitro groups is 1. The van der Waals surface area contributed by atoms with Crippen LogP contribution in [0, 0.1) is 35.3 Å².